The van der Waals surface area contributed by atoms with Crippen molar-refractivity contribution in [1.29, 1.82) is 0 Å². The van der Waals surface area contributed by atoms with Gasteiger partial charge in [-0.3, -0.25) is 0 Å². The van der Waals surface area contributed by atoms with Gasteiger partial charge in [-0.15, -0.1) is 0 Å². The van der Waals surface area contributed by atoms with E-state index < -0.39 is 11.7 Å². The molecule has 0 unspecified atom stereocenters. The van der Waals surface area contributed by atoms with Gasteiger partial charge in [0.1, 0.15) is 5.60 Å². The highest BCUT2D eigenvalue weighted by molar-refractivity contribution is 7.78. The molecule has 6 heteroatoms. The average molecular weight is 339 g/mol. The number of hydrogen-bond donors (Lipinski definition) is 1. The summed E-state index contributed by atoms with van der Waals surface area (Å²) in [6, 6.07) is 5.46. The number of hydrogen-bond acceptors (Lipinski definition) is 4. The largest absolute Gasteiger partial charge is 0.444 e. The maximum absolute atomic E-state index is 11.4. The number of amides is 1. The van der Waals surface area contributed by atoms with Crippen molar-refractivity contribution in [2.45, 2.75) is 32.8 Å². The lowest BCUT2D eigenvalue weighted by atomic mass is 10.2. The monoisotopic (exact) mass is 338 g/mol. The van der Waals surface area contributed by atoms with Crippen LogP contribution in [0.4, 0.5) is 10.5 Å². The minimum atomic E-state index is -0.483. The zero-order valence-electron chi connectivity index (χ0n) is 12.9. The quantitative estimate of drug-likeness (QED) is 0.467. The predicted octanol–water partition coefficient (Wildman–Crippen LogP) is 5.00. The standard InChI is InChI=1S/C16H19ClN2O2S/c1-16(2,3)21-15(20)18-9-5-4-6-12-7-8-14(19-11-22)13(17)10-12/h4,6-8,10H,5,9H2,1-3H3,(H,18,20). The van der Waals surface area contributed by atoms with Crippen LogP contribution in [0.2, 0.25) is 5.02 Å². The van der Waals surface area contributed by atoms with Crippen LogP contribution >= 0.6 is 23.8 Å². The fourth-order valence-electron chi connectivity index (χ4n) is 1.56. The Morgan fingerprint density at radius 1 is 1.50 bits per heavy atom. The molecule has 1 rings (SSSR count). The number of alkyl carbamates (subject to hydrolysis) is 1. The van der Waals surface area contributed by atoms with Crippen LogP contribution in [-0.4, -0.2) is 23.4 Å². The summed E-state index contributed by atoms with van der Waals surface area (Å²) in [5, 5.41) is 5.49. The fraction of sp³-hybridized carbons (Fsp3) is 0.375. The summed E-state index contributed by atoms with van der Waals surface area (Å²) in [4.78, 5) is 15.3. The lowest BCUT2D eigenvalue weighted by Crippen LogP contribution is -2.32. The molecule has 0 heterocycles. The maximum Gasteiger partial charge on any atom is 0.407 e. The Kier molecular flexibility index (Phi) is 7.25. The molecule has 4 nitrogen and oxygen atoms in total. The number of carbonyl (C=O) groups excluding carboxylic acids is 1. The molecule has 0 bridgehead atoms. The molecule has 0 fully saturated rings. The van der Waals surface area contributed by atoms with E-state index in [4.69, 9.17) is 16.3 Å². The van der Waals surface area contributed by atoms with Gasteiger partial charge in [-0.2, -0.15) is 4.99 Å². The second-order valence-electron chi connectivity index (χ2n) is 5.53. The number of halogens is 1. The van der Waals surface area contributed by atoms with Crippen LogP contribution in [0.3, 0.4) is 0 Å². The number of carbonyl (C=O) groups is 1. The van der Waals surface area contributed by atoms with Crippen molar-refractivity contribution in [3.8, 4) is 0 Å². The van der Waals surface area contributed by atoms with Crippen molar-refractivity contribution in [3.05, 3.63) is 34.9 Å². The smallest absolute Gasteiger partial charge is 0.407 e. The minimum absolute atomic E-state index is 0.411. The molecule has 1 aromatic rings. The molecule has 1 amide bonds. The van der Waals surface area contributed by atoms with E-state index in [-0.39, 0.29) is 0 Å². The molecule has 118 valence electrons. The van der Waals surface area contributed by atoms with E-state index in [1.807, 2.05) is 39.0 Å². The maximum atomic E-state index is 11.4. The van der Waals surface area contributed by atoms with Crippen LogP contribution in [0, 0.1) is 0 Å². The number of aliphatic imine (C=N–C) groups is 1. The van der Waals surface area contributed by atoms with Gasteiger partial charge in [-0.25, -0.2) is 4.79 Å². The van der Waals surface area contributed by atoms with E-state index in [9.17, 15) is 4.79 Å². The lowest BCUT2D eigenvalue weighted by Gasteiger charge is -2.19. The SMILES string of the molecule is CC(C)(C)OC(=O)NCCC=Cc1ccc(N=C=S)c(Cl)c1. The van der Waals surface area contributed by atoms with Crippen LogP contribution in [0.25, 0.3) is 6.08 Å². The molecular weight excluding hydrogens is 320 g/mol. The molecule has 1 N–H and O–H groups in total. The second kappa shape index (κ2) is 8.69. The summed E-state index contributed by atoms with van der Waals surface area (Å²) >= 11 is 10.6. The summed E-state index contributed by atoms with van der Waals surface area (Å²) in [7, 11) is 0. The first kappa shape index (κ1) is 18.4. The third-order valence-corrected chi connectivity index (χ3v) is 2.82. The molecule has 0 radical (unpaired) electrons. The predicted molar refractivity (Wildman–Crippen MR) is 94.0 cm³/mol. The number of isothiocyanates is 1. The molecule has 0 saturated carbocycles. The van der Waals surface area contributed by atoms with Gasteiger partial charge in [0.15, 0.2) is 0 Å². The summed E-state index contributed by atoms with van der Waals surface area (Å²) < 4.78 is 5.14. The molecule has 1 aromatic carbocycles. The second-order valence-corrected chi connectivity index (χ2v) is 6.12. The van der Waals surface area contributed by atoms with Gasteiger partial charge in [0.05, 0.1) is 15.9 Å². The van der Waals surface area contributed by atoms with Gasteiger partial charge in [-0.05, 0) is 57.1 Å². The molecule has 0 aliphatic rings. The molecular formula is C16H19ClN2O2S. The molecule has 0 aromatic heterocycles. The van der Waals surface area contributed by atoms with Crippen LogP contribution in [-0.2, 0) is 4.74 Å². The number of nitrogens with one attached hydrogen (secondary N) is 1. The zero-order valence-corrected chi connectivity index (χ0v) is 14.4. The van der Waals surface area contributed by atoms with E-state index in [0.717, 1.165) is 5.56 Å². The van der Waals surface area contributed by atoms with Crippen LogP contribution in [0.5, 0.6) is 0 Å². The van der Waals surface area contributed by atoms with Gasteiger partial charge in [0, 0.05) is 6.54 Å². The first-order valence-electron chi connectivity index (χ1n) is 6.82. The van der Waals surface area contributed by atoms with Gasteiger partial charge < -0.3 is 10.1 Å². The summed E-state index contributed by atoms with van der Waals surface area (Å²) in [5.74, 6) is 0. The molecule has 0 aliphatic heterocycles. The minimum Gasteiger partial charge on any atom is -0.444 e. The third kappa shape index (κ3) is 7.36. The van der Waals surface area contributed by atoms with Gasteiger partial charge >= 0.3 is 6.09 Å². The molecule has 22 heavy (non-hydrogen) atoms. The van der Waals surface area contributed by atoms with E-state index in [2.05, 4.69) is 27.7 Å². The summed E-state index contributed by atoms with van der Waals surface area (Å²) in [6.45, 7) is 5.99. The highest BCUT2D eigenvalue weighted by Gasteiger charge is 2.15. The van der Waals surface area contributed by atoms with E-state index in [1.54, 1.807) is 12.1 Å². The fourth-order valence-corrected chi connectivity index (χ4v) is 1.89. The van der Waals surface area contributed by atoms with Crippen molar-refractivity contribution in [3.63, 3.8) is 0 Å². The van der Waals surface area contributed by atoms with Gasteiger partial charge in [0.25, 0.3) is 0 Å². The lowest BCUT2D eigenvalue weighted by molar-refractivity contribution is 0.0529. The Hall–Kier alpha value is -1.68. The van der Waals surface area contributed by atoms with Gasteiger partial charge in [0.2, 0.25) is 0 Å². The number of rotatable bonds is 5. The number of ether oxygens (including phenoxy) is 1. The first-order valence-corrected chi connectivity index (χ1v) is 7.61. The molecule has 0 aliphatic carbocycles. The summed E-state index contributed by atoms with van der Waals surface area (Å²) in [5.41, 5.74) is 1.06. The van der Waals surface area contributed by atoms with Crippen molar-refractivity contribution in [2.75, 3.05) is 6.54 Å². The van der Waals surface area contributed by atoms with Crippen LogP contribution in [0.15, 0.2) is 29.3 Å². The Balaban J connectivity index is 2.42. The van der Waals surface area contributed by atoms with Gasteiger partial charge in [-0.1, -0.05) is 29.8 Å². The molecule has 0 atom stereocenters. The zero-order chi connectivity index (χ0) is 16.6. The third-order valence-electron chi connectivity index (χ3n) is 2.43. The summed E-state index contributed by atoms with van der Waals surface area (Å²) in [6.07, 6.45) is 4.15. The molecule has 0 spiro atoms. The highest BCUT2D eigenvalue weighted by Crippen LogP contribution is 2.25. The topological polar surface area (TPSA) is 50.7 Å². The highest BCUT2D eigenvalue weighted by atomic mass is 35.5. The van der Waals surface area contributed by atoms with Crippen LogP contribution < -0.4 is 5.32 Å². The van der Waals surface area contributed by atoms with E-state index in [0.29, 0.717) is 23.7 Å². The average Bonchev–Trinajstić information content (AvgIpc) is 2.39. The van der Waals surface area contributed by atoms with E-state index >= 15 is 0 Å². The normalized spacial score (nSPS) is 11.1. The van der Waals surface area contributed by atoms with Crippen molar-refractivity contribution in [2.24, 2.45) is 4.99 Å². The van der Waals surface area contributed by atoms with Crippen LogP contribution in [0.1, 0.15) is 32.8 Å². The number of nitrogens with zero attached hydrogens (tertiary/aromatic N) is 1. The molecule has 0 saturated heterocycles. The van der Waals surface area contributed by atoms with Crippen molar-refractivity contribution < 1.29 is 9.53 Å². The Bertz CT molecular complexity index is 603. The first-order chi connectivity index (χ1) is 10.3. The number of thiocarbonyl (C=S) groups is 1. The Labute approximate surface area is 141 Å². The van der Waals surface area contributed by atoms with Crippen molar-refractivity contribution in [1.82, 2.24) is 5.32 Å². The number of benzene rings is 1. The Morgan fingerprint density at radius 3 is 2.82 bits per heavy atom. The van der Waals surface area contributed by atoms with Crippen molar-refractivity contribution >= 4 is 46.8 Å². The Morgan fingerprint density at radius 2 is 2.23 bits per heavy atom. The van der Waals surface area contributed by atoms with E-state index in [1.165, 1.54) is 0 Å².